The van der Waals surface area contributed by atoms with E-state index < -0.39 is 44.7 Å². The molecule has 0 aliphatic rings. The number of nitrogens with two attached hydrogens (primary N) is 1. The van der Waals surface area contributed by atoms with Gasteiger partial charge in [0.2, 0.25) is 15.3 Å². The summed E-state index contributed by atoms with van der Waals surface area (Å²) >= 11 is 7.11. The van der Waals surface area contributed by atoms with Gasteiger partial charge in [0.1, 0.15) is 11.1 Å². The van der Waals surface area contributed by atoms with Crippen LogP contribution in [0.2, 0.25) is 5.28 Å². The Hall–Kier alpha value is -2.15. The van der Waals surface area contributed by atoms with Crippen LogP contribution in [0.15, 0.2) is 30.5 Å². The molecule has 6 nitrogen and oxygen atoms in total. The van der Waals surface area contributed by atoms with Gasteiger partial charge in [-0.25, -0.2) is 32.9 Å². The van der Waals surface area contributed by atoms with Crippen molar-refractivity contribution in [3.05, 3.63) is 52.1 Å². The summed E-state index contributed by atoms with van der Waals surface area (Å²) in [7, 11) is -4.77. The van der Waals surface area contributed by atoms with Gasteiger partial charge in [0, 0.05) is 22.7 Å². The van der Waals surface area contributed by atoms with Gasteiger partial charge in [0.15, 0.2) is 0 Å². The predicted octanol–water partition coefficient (Wildman–Crippen LogP) is 5.64. The highest BCUT2D eigenvalue weighted by Crippen LogP contribution is 2.43. The van der Waals surface area contributed by atoms with Crippen molar-refractivity contribution in [3.63, 3.8) is 0 Å². The first-order valence-corrected chi connectivity index (χ1v) is 12.3. The van der Waals surface area contributed by atoms with Gasteiger partial charge in [0.05, 0.1) is 27.7 Å². The third-order valence-corrected chi connectivity index (χ3v) is 7.47. The van der Waals surface area contributed by atoms with Crippen molar-refractivity contribution >= 4 is 33.0 Å². The fourth-order valence-corrected chi connectivity index (χ4v) is 5.26. The minimum Gasteiger partial charge on any atom is -0.240 e. The topological polar surface area (TPSA) is 98.8 Å². The number of rotatable bonds is 5. The van der Waals surface area contributed by atoms with E-state index in [1.165, 1.54) is 35.7 Å². The maximum absolute atomic E-state index is 15.6. The molecule has 1 aromatic carbocycles. The van der Waals surface area contributed by atoms with Gasteiger partial charge in [-0.05, 0) is 23.7 Å². The fourth-order valence-electron chi connectivity index (χ4n) is 3.05. The molecule has 33 heavy (non-hydrogen) atoms. The second-order valence-corrected chi connectivity index (χ2v) is 11.3. The van der Waals surface area contributed by atoms with Crippen LogP contribution in [0.4, 0.5) is 17.6 Å². The van der Waals surface area contributed by atoms with Crippen molar-refractivity contribution in [2.24, 2.45) is 5.14 Å². The number of benzene rings is 1. The fraction of sp³-hybridized carbons (Fsp3) is 0.350. The Morgan fingerprint density at radius 2 is 1.82 bits per heavy atom. The molecule has 2 heterocycles. The zero-order valence-electron chi connectivity index (χ0n) is 17.6. The second kappa shape index (κ2) is 8.90. The van der Waals surface area contributed by atoms with Crippen LogP contribution in [-0.4, -0.2) is 29.5 Å². The van der Waals surface area contributed by atoms with Crippen molar-refractivity contribution in [1.82, 2.24) is 15.0 Å². The first-order chi connectivity index (χ1) is 15.1. The summed E-state index contributed by atoms with van der Waals surface area (Å²) in [5.41, 5.74) is -0.883. The van der Waals surface area contributed by atoms with Crippen LogP contribution in [0.25, 0.3) is 21.8 Å². The summed E-state index contributed by atoms with van der Waals surface area (Å²) in [6, 6.07) is 5.07. The SMILES string of the molecule is CC(C)(C)c1nc(-c2cccc(C(CC(F)(F)F)S(N)(=O)=O)c2F)c(-c2ccnc(Cl)n2)s1. The Balaban J connectivity index is 2.27. The number of thiazole rings is 1. The molecular formula is C20H19ClF4N4O2S2. The predicted molar refractivity (Wildman–Crippen MR) is 119 cm³/mol. The summed E-state index contributed by atoms with van der Waals surface area (Å²) in [6.45, 7) is 5.67. The zero-order chi connectivity index (χ0) is 24.8. The van der Waals surface area contributed by atoms with E-state index in [0.717, 1.165) is 6.07 Å². The molecule has 1 atom stereocenters. The van der Waals surface area contributed by atoms with Crippen LogP contribution in [-0.2, 0) is 15.4 Å². The summed E-state index contributed by atoms with van der Waals surface area (Å²) in [6.07, 6.45) is -5.31. The van der Waals surface area contributed by atoms with Gasteiger partial charge in [-0.15, -0.1) is 11.3 Å². The monoisotopic (exact) mass is 522 g/mol. The Kier molecular flexibility index (Phi) is 6.87. The van der Waals surface area contributed by atoms with E-state index >= 15 is 4.39 Å². The highest BCUT2D eigenvalue weighted by molar-refractivity contribution is 7.89. The van der Waals surface area contributed by atoms with Crippen molar-refractivity contribution in [3.8, 4) is 21.8 Å². The number of aromatic nitrogens is 3. The van der Waals surface area contributed by atoms with Gasteiger partial charge in [0.25, 0.3) is 0 Å². The number of sulfonamides is 1. The Labute approximate surface area is 196 Å². The molecule has 2 aromatic heterocycles. The van der Waals surface area contributed by atoms with Crippen LogP contribution in [0.3, 0.4) is 0 Å². The lowest BCUT2D eigenvalue weighted by atomic mass is 9.98. The van der Waals surface area contributed by atoms with Crippen LogP contribution >= 0.6 is 22.9 Å². The number of alkyl halides is 3. The molecule has 0 fully saturated rings. The molecule has 0 bridgehead atoms. The molecule has 1 unspecified atom stereocenters. The first-order valence-electron chi connectivity index (χ1n) is 9.45. The normalized spacial score (nSPS) is 13.8. The molecule has 3 aromatic rings. The lowest BCUT2D eigenvalue weighted by Gasteiger charge is -2.19. The Morgan fingerprint density at radius 1 is 1.15 bits per heavy atom. The van der Waals surface area contributed by atoms with E-state index in [0.29, 0.717) is 15.6 Å². The van der Waals surface area contributed by atoms with Crippen LogP contribution in [0.1, 0.15) is 43.0 Å². The molecule has 0 aliphatic carbocycles. The Bertz CT molecular complexity index is 1290. The highest BCUT2D eigenvalue weighted by atomic mass is 35.5. The molecule has 3 rings (SSSR count). The Morgan fingerprint density at radius 3 is 2.36 bits per heavy atom. The van der Waals surface area contributed by atoms with Gasteiger partial charge in [-0.1, -0.05) is 32.9 Å². The summed E-state index contributed by atoms with van der Waals surface area (Å²) in [5.74, 6) is -1.16. The number of hydrogen-bond donors (Lipinski definition) is 1. The van der Waals surface area contributed by atoms with Gasteiger partial charge < -0.3 is 0 Å². The molecule has 0 saturated carbocycles. The van der Waals surface area contributed by atoms with Crippen LogP contribution < -0.4 is 5.14 Å². The highest BCUT2D eigenvalue weighted by Gasteiger charge is 2.40. The van der Waals surface area contributed by atoms with Crippen LogP contribution in [0, 0.1) is 5.82 Å². The molecule has 178 valence electrons. The third kappa shape index (κ3) is 5.86. The smallest absolute Gasteiger partial charge is 0.240 e. The first kappa shape index (κ1) is 25.5. The number of primary sulfonamides is 1. The lowest BCUT2D eigenvalue weighted by Crippen LogP contribution is -2.27. The lowest BCUT2D eigenvalue weighted by molar-refractivity contribution is -0.135. The molecule has 0 radical (unpaired) electrons. The molecule has 13 heteroatoms. The van der Waals surface area contributed by atoms with Gasteiger partial charge in [-0.2, -0.15) is 13.2 Å². The van der Waals surface area contributed by atoms with E-state index in [9.17, 15) is 21.6 Å². The maximum Gasteiger partial charge on any atom is 0.390 e. The number of hydrogen-bond acceptors (Lipinski definition) is 6. The average Bonchev–Trinajstić information content (AvgIpc) is 3.11. The van der Waals surface area contributed by atoms with Crippen molar-refractivity contribution in [2.75, 3.05) is 0 Å². The summed E-state index contributed by atoms with van der Waals surface area (Å²) in [5, 5.41) is 3.27. The molecule has 0 aliphatic heterocycles. The van der Waals surface area contributed by atoms with E-state index in [2.05, 4.69) is 15.0 Å². The van der Waals surface area contributed by atoms with Gasteiger partial charge in [-0.3, -0.25) is 0 Å². The number of nitrogens with zero attached hydrogens (tertiary/aromatic N) is 3. The summed E-state index contributed by atoms with van der Waals surface area (Å²) in [4.78, 5) is 12.9. The van der Waals surface area contributed by atoms with E-state index in [1.54, 1.807) is 0 Å². The van der Waals surface area contributed by atoms with E-state index in [4.69, 9.17) is 16.7 Å². The molecule has 0 saturated heterocycles. The minimum absolute atomic E-state index is 0.0575. The largest absolute Gasteiger partial charge is 0.390 e. The molecule has 2 N–H and O–H groups in total. The second-order valence-electron chi connectivity index (χ2n) is 8.26. The zero-order valence-corrected chi connectivity index (χ0v) is 20.0. The molecule has 0 amide bonds. The quantitative estimate of drug-likeness (QED) is 0.345. The minimum atomic E-state index is -4.89. The van der Waals surface area contributed by atoms with Crippen molar-refractivity contribution in [2.45, 2.75) is 44.0 Å². The summed E-state index contributed by atoms with van der Waals surface area (Å²) < 4.78 is 78.7. The van der Waals surface area contributed by atoms with E-state index in [1.807, 2.05) is 20.8 Å². The van der Waals surface area contributed by atoms with E-state index in [-0.39, 0.29) is 16.5 Å². The standard InChI is InChI=1S/C20H19ClF4N4O2S2/c1-19(2,3)17-29-15(16(32-17)12-7-8-27-18(21)28-12)11-6-4-5-10(14(11)22)13(33(26,30)31)9-20(23,24)25/h4-8,13H,9H2,1-3H3,(H2,26,30,31). The average molecular weight is 523 g/mol. The van der Waals surface area contributed by atoms with Gasteiger partial charge >= 0.3 is 6.18 Å². The third-order valence-electron chi connectivity index (χ3n) is 4.57. The number of halogens is 5. The van der Waals surface area contributed by atoms with Crippen molar-refractivity contribution < 1.29 is 26.0 Å². The maximum atomic E-state index is 15.6. The van der Waals surface area contributed by atoms with Crippen molar-refractivity contribution in [1.29, 1.82) is 0 Å². The molecular weight excluding hydrogens is 504 g/mol. The molecule has 0 spiro atoms. The van der Waals surface area contributed by atoms with Crippen LogP contribution in [0.5, 0.6) is 0 Å².